The van der Waals surface area contributed by atoms with Crippen LogP contribution in [0.3, 0.4) is 0 Å². The van der Waals surface area contributed by atoms with Gasteiger partial charge in [0.2, 0.25) is 11.8 Å². The van der Waals surface area contributed by atoms with Crippen LogP contribution in [0.1, 0.15) is 21.5 Å². The first-order valence-corrected chi connectivity index (χ1v) is 4.25. The highest BCUT2D eigenvalue weighted by Gasteiger charge is 2.16. The third kappa shape index (κ3) is 2.37. The largest absolute Gasteiger partial charge is 0.419 e. The Bertz CT molecular complexity index is 213. The van der Waals surface area contributed by atoms with Gasteiger partial charge in [0.15, 0.2) is 9.67 Å². The molecule has 0 unspecified atom stereocenters. The van der Waals surface area contributed by atoms with E-state index in [1.165, 1.54) is 0 Å². The molecule has 0 aliphatic heterocycles. The molecule has 0 N–H and O–H groups in total. The van der Waals surface area contributed by atoms with Crippen molar-refractivity contribution >= 4 is 46.4 Å². The highest BCUT2D eigenvalue weighted by Crippen LogP contribution is 2.28. The van der Waals surface area contributed by atoms with Crippen LogP contribution in [0.5, 0.6) is 0 Å². The van der Waals surface area contributed by atoms with Crippen molar-refractivity contribution in [1.29, 1.82) is 0 Å². The van der Waals surface area contributed by atoms with Crippen LogP contribution in [-0.4, -0.2) is 10.2 Å². The number of nitrogens with zero attached hydrogens (tertiary/aromatic N) is 2. The molecule has 0 saturated carbocycles. The molecule has 0 fully saturated rings. The van der Waals surface area contributed by atoms with Crippen LogP contribution in [0.15, 0.2) is 4.42 Å². The lowest BCUT2D eigenvalue weighted by Crippen LogP contribution is -1.79. The van der Waals surface area contributed by atoms with Gasteiger partial charge in [0.1, 0.15) is 0 Å². The van der Waals surface area contributed by atoms with E-state index >= 15 is 0 Å². The van der Waals surface area contributed by atoms with Crippen LogP contribution in [0.4, 0.5) is 0 Å². The fourth-order valence-corrected chi connectivity index (χ4v) is 0.776. The summed E-state index contributed by atoms with van der Waals surface area (Å²) in [6.07, 6.45) is 0. The van der Waals surface area contributed by atoms with Crippen LogP contribution in [0, 0.1) is 0 Å². The van der Waals surface area contributed by atoms with Gasteiger partial charge in [-0.2, -0.15) is 0 Å². The van der Waals surface area contributed by atoms with Crippen molar-refractivity contribution in [3.8, 4) is 0 Å². The van der Waals surface area contributed by atoms with Gasteiger partial charge in [-0.15, -0.1) is 10.2 Å². The molecule has 0 spiro atoms. The summed E-state index contributed by atoms with van der Waals surface area (Å²) in [6.45, 7) is 0. The molecule has 0 saturated heterocycles. The van der Waals surface area contributed by atoms with Crippen LogP contribution < -0.4 is 0 Å². The summed E-state index contributed by atoms with van der Waals surface area (Å²) in [5, 5.41) is 6.98. The Labute approximate surface area is 82.6 Å². The maximum atomic E-state index is 5.40. The van der Waals surface area contributed by atoms with Gasteiger partial charge in [-0.1, -0.05) is 46.4 Å². The maximum Gasteiger partial charge on any atom is 0.249 e. The summed E-state index contributed by atoms with van der Waals surface area (Å²) in [4.78, 5) is -1.69. The normalized spacial score (nSPS) is 11.5. The monoisotopic (exact) mass is 234 g/mol. The molecule has 3 nitrogen and oxygen atoms in total. The van der Waals surface area contributed by atoms with Gasteiger partial charge in [-0.05, 0) is 0 Å². The van der Waals surface area contributed by atoms with Crippen molar-refractivity contribution in [2.75, 3.05) is 0 Å². The quantitative estimate of drug-likeness (QED) is 0.740. The Balaban J connectivity index is 2.82. The molecule has 1 rings (SSSR count). The van der Waals surface area contributed by atoms with Gasteiger partial charge in [0.05, 0.1) is 0 Å². The Morgan fingerprint density at radius 1 is 0.909 bits per heavy atom. The summed E-state index contributed by atoms with van der Waals surface area (Å²) in [5.74, 6) is 0.185. The van der Waals surface area contributed by atoms with Gasteiger partial charge >= 0.3 is 0 Å². The molecule has 1 heterocycles. The molecule has 0 aliphatic rings. The third-order valence-corrected chi connectivity index (χ3v) is 1.58. The maximum absolute atomic E-state index is 5.40. The SMILES string of the molecule is ClC(Cl)c1nnc(C(Cl)Cl)o1. The number of alkyl halides is 4. The zero-order valence-corrected chi connectivity index (χ0v) is 7.99. The molecule has 11 heavy (non-hydrogen) atoms. The van der Waals surface area contributed by atoms with Crippen molar-refractivity contribution < 1.29 is 4.42 Å². The lowest BCUT2D eigenvalue weighted by Gasteiger charge is -1.91. The molecule has 0 aliphatic carbocycles. The molecule has 0 bridgehead atoms. The minimum absolute atomic E-state index is 0.0923. The third-order valence-electron chi connectivity index (χ3n) is 0.830. The standard InChI is InChI=1S/C4H2Cl4N2O/c5-1(6)3-9-10-4(11-3)2(7)8/h1-2H. The van der Waals surface area contributed by atoms with E-state index in [1.54, 1.807) is 0 Å². The number of rotatable bonds is 2. The lowest BCUT2D eigenvalue weighted by molar-refractivity contribution is 0.474. The van der Waals surface area contributed by atoms with E-state index in [0.717, 1.165) is 0 Å². The molecule has 0 radical (unpaired) electrons. The molecule has 0 atom stereocenters. The minimum Gasteiger partial charge on any atom is -0.419 e. The van der Waals surface area contributed by atoms with Crippen LogP contribution >= 0.6 is 46.4 Å². The smallest absolute Gasteiger partial charge is 0.249 e. The molecule has 62 valence electrons. The first-order valence-electron chi connectivity index (χ1n) is 2.51. The van der Waals surface area contributed by atoms with E-state index < -0.39 is 9.67 Å². The summed E-state index contributed by atoms with van der Waals surface area (Å²) < 4.78 is 4.86. The van der Waals surface area contributed by atoms with Gasteiger partial charge in [0.25, 0.3) is 0 Å². The van der Waals surface area contributed by atoms with Crippen LogP contribution in [0.25, 0.3) is 0 Å². The summed E-state index contributed by atoms with van der Waals surface area (Å²) in [7, 11) is 0. The average Bonchev–Trinajstić information content (AvgIpc) is 2.33. The van der Waals surface area contributed by atoms with Gasteiger partial charge in [-0.3, -0.25) is 0 Å². The van der Waals surface area contributed by atoms with Gasteiger partial charge in [0, 0.05) is 0 Å². The first kappa shape index (κ1) is 9.39. The first-order chi connectivity index (χ1) is 5.11. The fourth-order valence-electron chi connectivity index (χ4n) is 0.423. The zero-order valence-electron chi connectivity index (χ0n) is 4.97. The summed E-state index contributed by atoms with van der Waals surface area (Å²) in [5.41, 5.74) is 0. The van der Waals surface area contributed by atoms with Crippen molar-refractivity contribution in [1.82, 2.24) is 10.2 Å². The molecule has 0 amide bonds. The Morgan fingerprint density at radius 3 is 1.45 bits per heavy atom. The van der Waals surface area contributed by atoms with Crippen LogP contribution in [0.2, 0.25) is 0 Å². The molecule has 0 aromatic carbocycles. The fraction of sp³-hybridized carbons (Fsp3) is 0.500. The van der Waals surface area contributed by atoms with Crippen molar-refractivity contribution in [3.63, 3.8) is 0 Å². The predicted molar refractivity (Wildman–Crippen MR) is 43.2 cm³/mol. The highest BCUT2D eigenvalue weighted by molar-refractivity contribution is 6.44. The van der Waals surface area contributed by atoms with Crippen molar-refractivity contribution in [2.45, 2.75) is 9.67 Å². The zero-order chi connectivity index (χ0) is 8.43. The molecular weight excluding hydrogens is 234 g/mol. The number of hydrogen-bond acceptors (Lipinski definition) is 3. The highest BCUT2D eigenvalue weighted by atomic mass is 35.5. The van der Waals surface area contributed by atoms with E-state index in [9.17, 15) is 0 Å². The van der Waals surface area contributed by atoms with E-state index in [2.05, 4.69) is 10.2 Å². The second-order valence-electron chi connectivity index (χ2n) is 1.58. The second kappa shape index (κ2) is 3.81. The minimum atomic E-state index is -0.844. The van der Waals surface area contributed by atoms with Crippen LogP contribution in [-0.2, 0) is 0 Å². The number of aromatic nitrogens is 2. The second-order valence-corrected chi connectivity index (χ2v) is 3.77. The lowest BCUT2D eigenvalue weighted by atomic mass is 10.7. The van der Waals surface area contributed by atoms with Crippen molar-refractivity contribution in [2.24, 2.45) is 0 Å². The molecule has 1 aromatic heterocycles. The summed E-state index contributed by atoms with van der Waals surface area (Å²) in [6, 6.07) is 0. The Morgan fingerprint density at radius 2 is 1.27 bits per heavy atom. The van der Waals surface area contributed by atoms with E-state index in [4.69, 9.17) is 50.8 Å². The average molecular weight is 236 g/mol. The molecule has 1 aromatic rings. The van der Waals surface area contributed by atoms with E-state index in [1.807, 2.05) is 0 Å². The van der Waals surface area contributed by atoms with E-state index in [-0.39, 0.29) is 11.8 Å². The van der Waals surface area contributed by atoms with E-state index in [0.29, 0.717) is 0 Å². The Kier molecular flexibility index (Phi) is 3.25. The van der Waals surface area contributed by atoms with Gasteiger partial charge in [-0.25, -0.2) is 0 Å². The van der Waals surface area contributed by atoms with Crippen molar-refractivity contribution in [3.05, 3.63) is 11.8 Å². The number of hydrogen-bond donors (Lipinski definition) is 0. The topological polar surface area (TPSA) is 38.9 Å². The van der Waals surface area contributed by atoms with Gasteiger partial charge < -0.3 is 4.42 Å². The molecular formula is C4H2Cl4N2O. The number of halogens is 4. The summed E-state index contributed by atoms with van der Waals surface area (Å²) >= 11 is 21.6. The Hall–Kier alpha value is 0.300. The molecule has 7 heteroatoms. The predicted octanol–water partition coefficient (Wildman–Crippen LogP) is 3.02.